The van der Waals surface area contributed by atoms with Crippen LogP contribution in [0.1, 0.15) is 25.5 Å². The highest BCUT2D eigenvalue weighted by molar-refractivity contribution is 6.30. The minimum Gasteiger partial charge on any atom is -0.378 e. The van der Waals surface area contributed by atoms with E-state index in [0.29, 0.717) is 23.7 Å². The second-order valence-electron chi connectivity index (χ2n) is 3.46. The third-order valence-electron chi connectivity index (χ3n) is 2.49. The molecule has 0 bridgehead atoms. The molecule has 0 heterocycles. The van der Waals surface area contributed by atoms with Crippen LogP contribution in [-0.2, 0) is 4.79 Å². The molecule has 3 nitrogen and oxygen atoms in total. The van der Waals surface area contributed by atoms with Gasteiger partial charge in [0, 0.05) is 18.1 Å². The van der Waals surface area contributed by atoms with E-state index in [1.807, 2.05) is 13.8 Å². The lowest BCUT2D eigenvalue weighted by atomic mass is 10.1. The number of amides is 1. The quantitative estimate of drug-likeness (QED) is 0.878. The summed E-state index contributed by atoms with van der Waals surface area (Å²) in [6.07, 6.45) is -1.10. The monoisotopic (exact) mass is 241 g/mol. The Balaban J connectivity index is 2.81. The molecule has 0 radical (unpaired) electrons. The number of aliphatic hydroxyl groups excluding tert-OH is 1. The highest BCUT2D eigenvalue weighted by Gasteiger charge is 2.21. The topological polar surface area (TPSA) is 40.5 Å². The van der Waals surface area contributed by atoms with E-state index in [1.54, 1.807) is 29.2 Å². The van der Waals surface area contributed by atoms with E-state index in [-0.39, 0.29) is 5.91 Å². The van der Waals surface area contributed by atoms with Crippen molar-refractivity contribution in [3.8, 4) is 0 Å². The van der Waals surface area contributed by atoms with Gasteiger partial charge in [0.1, 0.15) is 0 Å². The predicted octanol–water partition coefficient (Wildman–Crippen LogP) is 2.24. The third kappa shape index (κ3) is 2.97. The van der Waals surface area contributed by atoms with Crippen LogP contribution in [0.2, 0.25) is 5.02 Å². The Hall–Kier alpha value is -1.06. The summed E-state index contributed by atoms with van der Waals surface area (Å²) in [7, 11) is 0. The highest BCUT2D eigenvalue weighted by atomic mass is 35.5. The molecule has 1 unspecified atom stereocenters. The van der Waals surface area contributed by atoms with Gasteiger partial charge in [0.2, 0.25) is 0 Å². The largest absolute Gasteiger partial charge is 0.378 e. The zero-order valence-electron chi connectivity index (χ0n) is 9.48. The SMILES string of the molecule is CCN(CC)C(=O)C(O)c1ccc(Cl)cc1. The van der Waals surface area contributed by atoms with Crippen molar-refractivity contribution >= 4 is 17.5 Å². The fourth-order valence-electron chi connectivity index (χ4n) is 1.50. The van der Waals surface area contributed by atoms with Gasteiger partial charge in [-0.15, -0.1) is 0 Å². The van der Waals surface area contributed by atoms with Crippen molar-refractivity contribution in [3.63, 3.8) is 0 Å². The number of benzene rings is 1. The van der Waals surface area contributed by atoms with E-state index in [0.717, 1.165) is 0 Å². The molecule has 0 aromatic heterocycles. The van der Waals surface area contributed by atoms with Crippen LogP contribution < -0.4 is 0 Å². The first-order valence-corrected chi connectivity index (χ1v) is 5.70. The summed E-state index contributed by atoms with van der Waals surface area (Å²) in [6.45, 7) is 4.96. The van der Waals surface area contributed by atoms with Gasteiger partial charge in [-0.3, -0.25) is 4.79 Å². The molecule has 16 heavy (non-hydrogen) atoms. The van der Waals surface area contributed by atoms with Gasteiger partial charge in [-0.25, -0.2) is 0 Å². The first-order valence-electron chi connectivity index (χ1n) is 5.32. The third-order valence-corrected chi connectivity index (χ3v) is 2.75. The van der Waals surface area contributed by atoms with Crippen LogP contribution in [0, 0.1) is 0 Å². The lowest BCUT2D eigenvalue weighted by molar-refractivity contribution is -0.140. The van der Waals surface area contributed by atoms with Crippen LogP contribution >= 0.6 is 11.6 Å². The van der Waals surface area contributed by atoms with Crippen LogP contribution in [0.3, 0.4) is 0 Å². The second kappa shape index (κ2) is 5.87. The van der Waals surface area contributed by atoms with Crippen LogP contribution in [0.5, 0.6) is 0 Å². The number of carbonyl (C=O) groups is 1. The van der Waals surface area contributed by atoms with E-state index >= 15 is 0 Å². The number of hydrogen-bond acceptors (Lipinski definition) is 2. The summed E-state index contributed by atoms with van der Waals surface area (Å²) in [4.78, 5) is 13.4. The van der Waals surface area contributed by atoms with Gasteiger partial charge in [0.25, 0.3) is 5.91 Å². The van der Waals surface area contributed by atoms with Gasteiger partial charge >= 0.3 is 0 Å². The van der Waals surface area contributed by atoms with Crippen molar-refractivity contribution in [1.29, 1.82) is 0 Å². The normalized spacial score (nSPS) is 12.2. The van der Waals surface area contributed by atoms with Crippen LogP contribution in [0.15, 0.2) is 24.3 Å². The van der Waals surface area contributed by atoms with E-state index in [9.17, 15) is 9.90 Å². The maximum absolute atomic E-state index is 11.8. The molecule has 0 aliphatic rings. The molecule has 88 valence electrons. The Labute approximate surface area is 101 Å². The Bertz CT molecular complexity index is 347. The van der Waals surface area contributed by atoms with Gasteiger partial charge in [-0.2, -0.15) is 0 Å². The standard InChI is InChI=1S/C12H16ClNO2/c1-3-14(4-2)12(16)11(15)9-5-7-10(13)8-6-9/h5-8,11,15H,3-4H2,1-2H3. The molecule has 1 rings (SSSR count). The Kier molecular flexibility index (Phi) is 4.77. The minimum absolute atomic E-state index is 0.271. The number of aliphatic hydroxyl groups is 1. The molecule has 0 fully saturated rings. The lowest BCUT2D eigenvalue weighted by Gasteiger charge is -2.22. The summed E-state index contributed by atoms with van der Waals surface area (Å²) in [6, 6.07) is 6.65. The fourth-order valence-corrected chi connectivity index (χ4v) is 1.62. The van der Waals surface area contributed by atoms with E-state index in [4.69, 9.17) is 11.6 Å². The number of carbonyl (C=O) groups excluding carboxylic acids is 1. The smallest absolute Gasteiger partial charge is 0.256 e. The van der Waals surface area contributed by atoms with Gasteiger partial charge < -0.3 is 10.0 Å². The van der Waals surface area contributed by atoms with Crippen molar-refractivity contribution in [2.75, 3.05) is 13.1 Å². The Morgan fingerprint density at radius 2 is 1.81 bits per heavy atom. The van der Waals surface area contributed by atoms with E-state index in [2.05, 4.69) is 0 Å². The van der Waals surface area contributed by atoms with Crippen molar-refractivity contribution in [1.82, 2.24) is 4.90 Å². The number of rotatable bonds is 4. The summed E-state index contributed by atoms with van der Waals surface area (Å²) >= 11 is 5.74. The zero-order chi connectivity index (χ0) is 12.1. The van der Waals surface area contributed by atoms with Gasteiger partial charge in [0.15, 0.2) is 6.10 Å². The van der Waals surface area contributed by atoms with Crippen LogP contribution in [0.4, 0.5) is 0 Å². The molecule has 0 saturated carbocycles. The molecule has 0 saturated heterocycles. The predicted molar refractivity (Wildman–Crippen MR) is 64.3 cm³/mol. The molecule has 1 atom stereocenters. The van der Waals surface area contributed by atoms with Crippen molar-refractivity contribution in [3.05, 3.63) is 34.9 Å². The van der Waals surface area contributed by atoms with E-state index < -0.39 is 6.10 Å². The fraction of sp³-hybridized carbons (Fsp3) is 0.417. The molecule has 0 aliphatic heterocycles. The number of halogens is 1. The van der Waals surface area contributed by atoms with Crippen molar-refractivity contribution in [2.45, 2.75) is 20.0 Å². The number of likely N-dealkylation sites (N-methyl/N-ethyl adjacent to an activating group) is 1. The summed E-state index contributed by atoms with van der Waals surface area (Å²) in [5, 5.41) is 10.5. The average molecular weight is 242 g/mol. The Morgan fingerprint density at radius 1 is 1.31 bits per heavy atom. The van der Waals surface area contributed by atoms with Crippen molar-refractivity contribution < 1.29 is 9.90 Å². The maximum atomic E-state index is 11.8. The summed E-state index contributed by atoms with van der Waals surface area (Å²) in [5.74, 6) is -0.271. The van der Waals surface area contributed by atoms with Gasteiger partial charge in [-0.1, -0.05) is 23.7 Å². The zero-order valence-corrected chi connectivity index (χ0v) is 10.2. The molecule has 1 aromatic rings. The number of nitrogens with zero attached hydrogens (tertiary/aromatic N) is 1. The summed E-state index contributed by atoms with van der Waals surface area (Å²) in [5.41, 5.74) is 0.571. The van der Waals surface area contributed by atoms with E-state index in [1.165, 1.54) is 0 Å². The Morgan fingerprint density at radius 3 is 2.25 bits per heavy atom. The second-order valence-corrected chi connectivity index (χ2v) is 3.90. The average Bonchev–Trinajstić information content (AvgIpc) is 2.30. The van der Waals surface area contributed by atoms with Crippen molar-refractivity contribution in [2.24, 2.45) is 0 Å². The first kappa shape index (κ1) is 13.0. The molecule has 0 spiro atoms. The molecule has 1 amide bonds. The molecule has 1 N–H and O–H groups in total. The number of hydrogen-bond donors (Lipinski definition) is 1. The molecule has 4 heteroatoms. The first-order chi connectivity index (χ1) is 7.60. The van der Waals surface area contributed by atoms with Gasteiger partial charge in [-0.05, 0) is 31.5 Å². The molecular formula is C12H16ClNO2. The lowest BCUT2D eigenvalue weighted by Crippen LogP contribution is -2.34. The molecular weight excluding hydrogens is 226 g/mol. The van der Waals surface area contributed by atoms with Crippen LogP contribution in [-0.4, -0.2) is 29.0 Å². The highest BCUT2D eigenvalue weighted by Crippen LogP contribution is 2.18. The molecule has 0 aliphatic carbocycles. The summed E-state index contributed by atoms with van der Waals surface area (Å²) < 4.78 is 0. The maximum Gasteiger partial charge on any atom is 0.256 e. The minimum atomic E-state index is -1.10. The van der Waals surface area contributed by atoms with Gasteiger partial charge in [0.05, 0.1) is 0 Å². The molecule has 1 aromatic carbocycles. The van der Waals surface area contributed by atoms with Crippen LogP contribution in [0.25, 0.3) is 0 Å².